The SMILES string of the molecule is CC(NC(=O)c1ccc(C(C)(C)C)cc1)C(=O)NC(c1ccccc1)c1nccn1C. The first-order valence-electron chi connectivity index (χ1n) is 10.4. The molecule has 1 aromatic heterocycles. The highest BCUT2D eigenvalue weighted by molar-refractivity contribution is 5.97. The van der Waals surface area contributed by atoms with Crippen molar-refractivity contribution in [3.05, 3.63) is 89.5 Å². The second-order valence-electron chi connectivity index (χ2n) is 8.77. The van der Waals surface area contributed by atoms with Gasteiger partial charge in [0.25, 0.3) is 5.91 Å². The second kappa shape index (κ2) is 9.16. The van der Waals surface area contributed by atoms with Crippen molar-refractivity contribution in [2.24, 2.45) is 7.05 Å². The van der Waals surface area contributed by atoms with Crippen LogP contribution in [0.5, 0.6) is 0 Å². The molecule has 3 aromatic rings. The van der Waals surface area contributed by atoms with Crippen LogP contribution in [0.25, 0.3) is 0 Å². The molecule has 0 spiro atoms. The molecule has 0 saturated carbocycles. The number of hydrogen-bond acceptors (Lipinski definition) is 3. The fourth-order valence-electron chi connectivity index (χ4n) is 3.33. The Balaban J connectivity index is 1.71. The molecule has 0 bridgehead atoms. The fourth-order valence-corrected chi connectivity index (χ4v) is 3.33. The van der Waals surface area contributed by atoms with E-state index in [0.717, 1.165) is 17.0 Å². The first-order chi connectivity index (χ1) is 14.7. The van der Waals surface area contributed by atoms with E-state index in [4.69, 9.17) is 0 Å². The van der Waals surface area contributed by atoms with Gasteiger partial charge in [0.1, 0.15) is 17.9 Å². The van der Waals surface area contributed by atoms with Crippen LogP contribution in [0, 0.1) is 0 Å². The molecule has 2 unspecified atom stereocenters. The van der Waals surface area contributed by atoms with Gasteiger partial charge < -0.3 is 15.2 Å². The molecule has 2 N–H and O–H groups in total. The molecule has 0 aliphatic heterocycles. The van der Waals surface area contributed by atoms with E-state index in [9.17, 15) is 9.59 Å². The highest BCUT2D eigenvalue weighted by Crippen LogP contribution is 2.22. The number of aryl methyl sites for hydroxylation is 1. The van der Waals surface area contributed by atoms with Gasteiger partial charge in [-0.05, 0) is 35.6 Å². The topological polar surface area (TPSA) is 76.0 Å². The number of imidazole rings is 1. The predicted octanol–water partition coefficient (Wildman–Crippen LogP) is 3.74. The third-order valence-electron chi connectivity index (χ3n) is 5.29. The molecule has 0 aliphatic carbocycles. The molecule has 0 aliphatic rings. The summed E-state index contributed by atoms with van der Waals surface area (Å²) in [6.45, 7) is 8.05. The van der Waals surface area contributed by atoms with Gasteiger partial charge in [-0.2, -0.15) is 0 Å². The number of rotatable bonds is 6. The number of amides is 2. The van der Waals surface area contributed by atoms with Gasteiger partial charge in [0.05, 0.1) is 0 Å². The Hall–Kier alpha value is -3.41. The Morgan fingerprint density at radius 3 is 2.16 bits per heavy atom. The van der Waals surface area contributed by atoms with Crippen LogP contribution in [0.3, 0.4) is 0 Å². The van der Waals surface area contributed by atoms with Gasteiger partial charge in [-0.3, -0.25) is 9.59 Å². The molecular formula is C25H30N4O2. The van der Waals surface area contributed by atoms with E-state index < -0.39 is 12.1 Å². The van der Waals surface area contributed by atoms with E-state index in [1.54, 1.807) is 25.3 Å². The molecule has 0 radical (unpaired) electrons. The Bertz CT molecular complexity index is 1030. The maximum absolute atomic E-state index is 12.9. The third-order valence-corrected chi connectivity index (χ3v) is 5.29. The summed E-state index contributed by atoms with van der Waals surface area (Å²) in [6.07, 6.45) is 3.54. The maximum Gasteiger partial charge on any atom is 0.251 e. The molecule has 0 saturated heterocycles. The van der Waals surface area contributed by atoms with Crippen LogP contribution in [0.4, 0.5) is 0 Å². The molecule has 2 amide bonds. The summed E-state index contributed by atoms with van der Waals surface area (Å²) >= 11 is 0. The van der Waals surface area contributed by atoms with Crippen LogP contribution in [0.2, 0.25) is 0 Å². The second-order valence-corrected chi connectivity index (χ2v) is 8.77. The molecule has 6 nitrogen and oxygen atoms in total. The zero-order chi connectivity index (χ0) is 22.6. The lowest BCUT2D eigenvalue weighted by Crippen LogP contribution is -2.46. The average molecular weight is 419 g/mol. The van der Waals surface area contributed by atoms with E-state index in [-0.39, 0.29) is 17.2 Å². The Kier molecular flexibility index (Phi) is 6.59. The summed E-state index contributed by atoms with van der Waals surface area (Å²) < 4.78 is 1.87. The van der Waals surface area contributed by atoms with Crippen LogP contribution in [-0.4, -0.2) is 27.4 Å². The smallest absolute Gasteiger partial charge is 0.251 e. The lowest BCUT2D eigenvalue weighted by atomic mass is 9.86. The molecule has 6 heteroatoms. The van der Waals surface area contributed by atoms with Crippen molar-refractivity contribution in [1.29, 1.82) is 0 Å². The quantitative estimate of drug-likeness (QED) is 0.640. The summed E-state index contributed by atoms with van der Waals surface area (Å²) in [6, 6.07) is 16.0. The molecule has 2 aromatic carbocycles. The normalized spacial score (nSPS) is 13.3. The zero-order valence-corrected chi connectivity index (χ0v) is 18.7. The summed E-state index contributed by atoms with van der Waals surface area (Å²) in [5.74, 6) is 0.156. The standard InChI is InChI=1S/C25H30N4O2/c1-17(27-24(31)19-11-13-20(14-12-19)25(2,3)4)23(30)28-21(18-9-7-6-8-10-18)22-26-15-16-29(22)5/h6-17,21H,1-5H3,(H,27,31)(H,28,30). The summed E-state index contributed by atoms with van der Waals surface area (Å²) in [4.78, 5) is 30.0. The highest BCUT2D eigenvalue weighted by atomic mass is 16.2. The van der Waals surface area contributed by atoms with Gasteiger partial charge in [-0.25, -0.2) is 4.98 Å². The van der Waals surface area contributed by atoms with E-state index in [1.165, 1.54) is 0 Å². The Morgan fingerprint density at radius 1 is 0.968 bits per heavy atom. The highest BCUT2D eigenvalue weighted by Gasteiger charge is 2.24. The zero-order valence-electron chi connectivity index (χ0n) is 18.7. The first kappa shape index (κ1) is 22.3. The number of nitrogens with zero attached hydrogens (tertiary/aromatic N) is 2. The Labute approximate surface area is 183 Å². The molecule has 31 heavy (non-hydrogen) atoms. The van der Waals surface area contributed by atoms with E-state index in [1.807, 2.05) is 60.3 Å². The minimum atomic E-state index is -0.707. The van der Waals surface area contributed by atoms with Gasteiger partial charge in [0, 0.05) is 25.0 Å². The monoisotopic (exact) mass is 418 g/mol. The molecule has 162 valence electrons. The van der Waals surface area contributed by atoms with Gasteiger partial charge in [0.15, 0.2) is 0 Å². The predicted molar refractivity (Wildman–Crippen MR) is 122 cm³/mol. The van der Waals surface area contributed by atoms with Crippen molar-refractivity contribution in [3.63, 3.8) is 0 Å². The molecule has 2 atom stereocenters. The number of nitrogens with one attached hydrogen (secondary N) is 2. The van der Waals surface area contributed by atoms with E-state index >= 15 is 0 Å². The number of carbonyl (C=O) groups excluding carboxylic acids is 2. The number of benzene rings is 2. The van der Waals surface area contributed by atoms with Crippen molar-refractivity contribution < 1.29 is 9.59 Å². The summed E-state index contributed by atoms with van der Waals surface area (Å²) in [5.41, 5.74) is 2.60. The number of carbonyl (C=O) groups is 2. The summed E-state index contributed by atoms with van der Waals surface area (Å²) in [5, 5.41) is 5.82. The van der Waals surface area contributed by atoms with Crippen LogP contribution in [0.1, 0.15) is 61.0 Å². The van der Waals surface area contributed by atoms with Gasteiger partial charge >= 0.3 is 0 Å². The van der Waals surface area contributed by atoms with E-state index in [0.29, 0.717) is 5.56 Å². The van der Waals surface area contributed by atoms with Gasteiger partial charge in [0.2, 0.25) is 5.91 Å². The van der Waals surface area contributed by atoms with Crippen molar-refractivity contribution in [2.45, 2.75) is 45.2 Å². The van der Waals surface area contributed by atoms with Crippen LogP contribution in [0.15, 0.2) is 67.0 Å². The molecule has 0 fully saturated rings. The molecule has 1 heterocycles. The summed E-state index contributed by atoms with van der Waals surface area (Å²) in [7, 11) is 1.89. The maximum atomic E-state index is 12.9. The first-order valence-corrected chi connectivity index (χ1v) is 10.4. The van der Waals surface area contributed by atoms with Crippen molar-refractivity contribution in [2.75, 3.05) is 0 Å². The molecular weight excluding hydrogens is 388 g/mol. The van der Waals surface area contributed by atoms with E-state index in [2.05, 4.69) is 36.4 Å². The number of aromatic nitrogens is 2. The van der Waals surface area contributed by atoms with Gasteiger partial charge in [-0.1, -0.05) is 63.2 Å². The van der Waals surface area contributed by atoms with Crippen molar-refractivity contribution in [1.82, 2.24) is 20.2 Å². The lowest BCUT2D eigenvalue weighted by molar-refractivity contribution is -0.123. The van der Waals surface area contributed by atoms with Crippen LogP contribution >= 0.6 is 0 Å². The van der Waals surface area contributed by atoms with Crippen molar-refractivity contribution in [3.8, 4) is 0 Å². The Morgan fingerprint density at radius 2 is 1.61 bits per heavy atom. The number of hydrogen-bond donors (Lipinski definition) is 2. The molecule has 3 rings (SSSR count). The van der Waals surface area contributed by atoms with Gasteiger partial charge in [-0.15, -0.1) is 0 Å². The van der Waals surface area contributed by atoms with Crippen LogP contribution < -0.4 is 10.6 Å². The lowest BCUT2D eigenvalue weighted by Gasteiger charge is -2.22. The van der Waals surface area contributed by atoms with Crippen LogP contribution in [-0.2, 0) is 17.3 Å². The average Bonchev–Trinajstić information content (AvgIpc) is 3.17. The fraction of sp³-hybridized carbons (Fsp3) is 0.320. The largest absolute Gasteiger partial charge is 0.341 e. The van der Waals surface area contributed by atoms with Crippen molar-refractivity contribution >= 4 is 11.8 Å². The minimum absolute atomic E-state index is 0.0135. The minimum Gasteiger partial charge on any atom is -0.341 e. The third kappa shape index (κ3) is 5.40.